The fourth-order valence-electron chi connectivity index (χ4n) is 2.72. The molecule has 3 rings (SSSR count). The predicted octanol–water partition coefficient (Wildman–Crippen LogP) is 2.95. The van der Waals surface area contributed by atoms with Crippen molar-refractivity contribution >= 4 is 33.0 Å². The molecule has 0 fully saturated rings. The van der Waals surface area contributed by atoms with Gasteiger partial charge in [0.2, 0.25) is 0 Å². The first kappa shape index (κ1) is 16.8. The molecule has 1 aliphatic rings. The standard InChI is InChI=1S/C15H13F2NO4S2/c1-22-15(19)14-12(4-6-23-14)24(20,21)18-5-2-3-9-7-10(16)8-11(17)13(9)18/h4,6-8H,2-3,5H2,1H3. The number of thiophene rings is 1. The van der Waals surface area contributed by atoms with Crippen molar-refractivity contribution in [2.75, 3.05) is 18.0 Å². The Morgan fingerprint density at radius 3 is 2.79 bits per heavy atom. The number of carbonyl (C=O) groups excluding carboxylic acids is 1. The molecule has 0 aliphatic carbocycles. The van der Waals surface area contributed by atoms with E-state index in [1.165, 1.54) is 11.4 Å². The Balaban J connectivity index is 2.14. The third-order valence-corrected chi connectivity index (χ3v) is 6.60. The van der Waals surface area contributed by atoms with Gasteiger partial charge in [-0.2, -0.15) is 0 Å². The largest absolute Gasteiger partial charge is 0.465 e. The molecule has 1 aromatic carbocycles. The lowest BCUT2D eigenvalue weighted by molar-refractivity contribution is 0.0602. The lowest BCUT2D eigenvalue weighted by Gasteiger charge is -2.30. The van der Waals surface area contributed by atoms with E-state index < -0.39 is 27.6 Å². The molecular formula is C15H13F2NO4S2. The molecule has 128 valence electrons. The molecule has 1 aliphatic heterocycles. The molecule has 9 heteroatoms. The van der Waals surface area contributed by atoms with E-state index in [4.69, 9.17) is 0 Å². The number of halogens is 2. The number of hydrogen-bond donors (Lipinski definition) is 0. The predicted molar refractivity (Wildman–Crippen MR) is 84.9 cm³/mol. The van der Waals surface area contributed by atoms with Gasteiger partial charge >= 0.3 is 5.97 Å². The Labute approximate surface area is 141 Å². The topological polar surface area (TPSA) is 63.7 Å². The molecule has 0 atom stereocenters. The first-order valence-electron chi connectivity index (χ1n) is 7.02. The number of esters is 1. The Bertz CT molecular complexity index is 908. The summed E-state index contributed by atoms with van der Waals surface area (Å²) in [4.78, 5) is 11.4. The average molecular weight is 373 g/mol. The molecule has 0 amide bonds. The quantitative estimate of drug-likeness (QED) is 0.776. The van der Waals surface area contributed by atoms with Crippen LogP contribution in [0.25, 0.3) is 0 Å². The molecule has 0 spiro atoms. The van der Waals surface area contributed by atoms with E-state index in [2.05, 4.69) is 4.74 Å². The van der Waals surface area contributed by atoms with Gasteiger partial charge in [0.05, 0.1) is 12.8 Å². The SMILES string of the molecule is COC(=O)c1sccc1S(=O)(=O)N1CCCc2cc(F)cc(F)c21. The van der Waals surface area contributed by atoms with E-state index in [1.54, 1.807) is 0 Å². The van der Waals surface area contributed by atoms with Gasteiger partial charge in [-0.3, -0.25) is 4.31 Å². The van der Waals surface area contributed by atoms with Crippen molar-refractivity contribution < 1.29 is 26.7 Å². The van der Waals surface area contributed by atoms with Crippen molar-refractivity contribution in [3.63, 3.8) is 0 Å². The van der Waals surface area contributed by atoms with E-state index in [9.17, 15) is 22.0 Å². The maximum atomic E-state index is 14.2. The number of anilines is 1. The lowest BCUT2D eigenvalue weighted by atomic mass is 10.0. The van der Waals surface area contributed by atoms with Crippen LogP contribution in [0.2, 0.25) is 0 Å². The third kappa shape index (κ3) is 2.67. The summed E-state index contributed by atoms with van der Waals surface area (Å²) in [5, 5.41) is 1.45. The molecule has 2 aromatic rings. The Morgan fingerprint density at radius 2 is 2.08 bits per heavy atom. The van der Waals surface area contributed by atoms with E-state index in [1.807, 2.05) is 0 Å². The molecule has 0 bridgehead atoms. The van der Waals surface area contributed by atoms with Gasteiger partial charge in [-0.1, -0.05) is 0 Å². The summed E-state index contributed by atoms with van der Waals surface area (Å²) in [6, 6.07) is 3.07. The fourth-order valence-corrected chi connectivity index (χ4v) is 5.57. The highest BCUT2D eigenvalue weighted by Crippen LogP contribution is 2.36. The number of sulfonamides is 1. The van der Waals surface area contributed by atoms with Gasteiger partial charge in [-0.25, -0.2) is 22.0 Å². The second-order valence-corrected chi connectivity index (χ2v) is 7.93. The van der Waals surface area contributed by atoms with Gasteiger partial charge in [0, 0.05) is 12.6 Å². The van der Waals surface area contributed by atoms with Crippen molar-refractivity contribution in [2.24, 2.45) is 0 Å². The minimum Gasteiger partial charge on any atom is -0.465 e. The molecule has 0 saturated heterocycles. The zero-order valence-electron chi connectivity index (χ0n) is 12.6. The van der Waals surface area contributed by atoms with Crippen LogP contribution < -0.4 is 4.31 Å². The van der Waals surface area contributed by atoms with Crippen LogP contribution in [0.5, 0.6) is 0 Å². The lowest BCUT2D eigenvalue weighted by Crippen LogP contribution is -2.36. The van der Waals surface area contributed by atoms with Gasteiger partial charge in [0.1, 0.15) is 15.6 Å². The first-order chi connectivity index (χ1) is 11.4. The van der Waals surface area contributed by atoms with Crippen LogP contribution >= 0.6 is 11.3 Å². The molecule has 2 heterocycles. The van der Waals surface area contributed by atoms with Crippen molar-refractivity contribution in [1.82, 2.24) is 0 Å². The molecule has 0 saturated carbocycles. The first-order valence-corrected chi connectivity index (χ1v) is 9.34. The number of aryl methyl sites for hydroxylation is 1. The molecule has 0 unspecified atom stereocenters. The van der Waals surface area contributed by atoms with Gasteiger partial charge < -0.3 is 4.74 Å². The monoisotopic (exact) mass is 373 g/mol. The minimum atomic E-state index is -4.17. The number of rotatable bonds is 3. The Morgan fingerprint density at radius 1 is 1.33 bits per heavy atom. The highest BCUT2D eigenvalue weighted by Gasteiger charge is 2.35. The van der Waals surface area contributed by atoms with Crippen LogP contribution in [0.1, 0.15) is 21.7 Å². The van der Waals surface area contributed by atoms with Gasteiger partial charge in [0.25, 0.3) is 10.0 Å². The smallest absolute Gasteiger partial charge is 0.349 e. The molecule has 24 heavy (non-hydrogen) atoms. The maximum absolute atomic E-state index is 14.2. The van der Waals surface area contributed by atoms with E-state index in [0.717, 1.165) is 28.8 Å². The summed E-state index contributed by atoms with van der Waals surface area (Å²) in [5.41, 5.74) is 0.127. The average Bonchev–Trinajstić information content (AvgIpc) is 3.03. The molecular weight excluding hydrogens is 360 g/mol. The van der Waals surface area contributed by atoms with Crippen LogP contribution in [-0.2, 0) is 21.2 Å². The summed E-state index contributed by atoms with van der Waals surface area (Å²) in [6.45, 7) is 0.0499. The third-order valence-electron chi connectivity index (χ3n) is 3.73. The van der Waals surface area contributed by atoms with E-state index in [-0.39, 0.29) is 27.6 Å². The van der Waals surface area contributed by atoms with E-state index >= 15 is 0 Å². The zero-order valence-corrected chi connectivity index (χ0v) is 14.2. The molecule has 0 radical (unpaired) electrons. The minimum absolute atomic E-state index is 0.0499. The summed E-state index contributed by atoms with van der Waals surface area (Å²) < 4.78 is 59.0. The second-order valence-electron chi connectivity index (χ2n) is 5.18. The number of nitrogens with zero attached hydrogens (tertiary/aromatic N) is 1. The van der Waals surface area contributed by atoms with Crippen LogP contribution in [0.15, 0.2) is 28.5 Å². The van der Waals surface area contributed by atoms with Crippen molar-refractivity contribution in [3.8, 4) is 0 Å². The van der Waals surface area contributed by atoms with Crippen molar-refractivity contribution in [1.29, 1.82) is 0 Å². The molecule has 1 aromatic heterocycles. The number of fused-ring (bicyclic) bond motifs is 1. The van der Waals surface area contributed by atoms with Crippen LogP contribution in [0, 0.1) is 11.6 Å². The maximum Gasteiger partial charge on any atom is 0.349 e. The Hall–Kier alpha value is -2.00. The number of carbonyl (C=O) groups is 1. The van der Waals surface area contributed by atoms with Gasteiger partial charge in [-0.15, -0.1) is 11.3 Å². The highest BCUT2D eigenvalue weighted by atomic mass is 32.2. The molecule has 5 nitrogen and oxygen atoms in total. The van der Waals surface area contributed by atoms with Crippen molar-refractivity contribution in [2.45, 2.75) is 17.7 Å². The van der Waals surface area contributed by atoms with Gasteiger partial charge in [0.15, 0.2) is 5.82 Å². The van der Waals surface area contributed by atoms with Crippen LogP contribution in [0.4, 0.5) is 14.5 Å². The zero-order chi connectivity index (χ0) is 17.5. The number of benzene rings is 1. The second kappa shape index (κ2) is 6.14. The normalized spacial score (nSPS) is 14.4. The summed E-state index contributed by atoms with van der Waals surface area (Å²) >= 11 is 0.927. The fraction of sp³-hybridized carbons (Fsp3) is 0.267. The molecule has 0 N–H and O–H groups in total. The number of ether oxygens (including phenoxy) is 1. The summed E-state index contributed by atoms with van der Waals surface area (Å²) in [5.74, 6) is -2.47. The van der Waals surface area contributed by atoms with Crippen LogP contribution in [0.3, 0.4) is 0 Å². The summed E-state index contributed by atoms with van der Waals surface area (Å²) in [6.07, 6.45) is 0.802. The van der Waals surface area contributed by atoms with Crippen molar-refractivity contribution in [3.05, 3.63) is 45.7 Å². The Kier molecular flexibility index (Phi) is 4.31. The van der Waals surface area contributed by atoms with E-state index in [0.29, 0.717) is 18.9 Å². The van der Waals surface area contributed by atoms with Crippen LogP contribution in [-0.4, -0.2) is 28.0 Å². The highest BCUT2D eigenvalue weighted by molar-refractivity contribution is 7.93. The van der Waals surface area contributed by atoms with Gasteiger partial charge in [-0.05, 0) is 35.9 Å². The number of hydrogen-bond acceptors (Lipinski definition) is 5. The number of methoxy groups -OCH3 is 1. The summed E-state index contributed by atoms with van der Waals surface area (Å²) in [7, 11) is -3.02.